The lowest BCUT2D eigenvalue weighted by Crippen LogP contribution is -2.51. The lowest BCUT2D eigenvalue weighted by molar-refractivity contribution is -0.268. The Balaban J connectivity index is 1.19. The van der Waals surface area contributed by atoms with E-state index in [1.807, 2.05) is 0 Å². The van der Waals surface area contributed by atoms with Crippen molar-refractivity contribution in [2.75, 3.05) is 18.9 Å². The summed E-state index contributed by atoms with van der Waals surface area (Å²) >= 11 is 0. The summed E-state index contributed by atoms with van der Waals surface area (Å²) in [5, 5.41) is 36.8. The molecule has 0 bridgehead atoms. The molecule has 4 aliphatic carbocycles. The van der Waals surface area contributed by atoms with E-state index in [1.54, 1.807) is 6.92 Å². The number of hydrogen-bond acceptors (Lipinski definition) is 10. The van der Waals surface area contributed by atoms with Crippen LogP contribution in [-0.4, -0.2) is 53.5 Å². The van der Waals surface area contributed by atoms with Crippen LogP contribution < -0.4 is 15.6 Å². The molecule has 0 radical (unpaired) electrons. The van der Waals surface area contributed by atoms with Gasteiger partial charge in [0.2, 0.25) is 0 Å². The zero-order chi connectivity index (χ0) is 31.8. The normalized spacial score (nSPS) is 32.4. The molecule has 3 fully saturated rings. The van der Waals surface area contributed by atoms with Crippen LogP contribution in [0.25, 0.3) is 0 Å². The number of amides is 1. The topological polar surface area (TPSA) is 161 Å². The van der Waals surface area contributed by atoms with Crippen molar-refractivity contribution >= 4 is 29.1 Å². The minimum atomic E-state index is -1.09. The van der Waals surface area contributed by atoms with Crippen LogP contribution in [0.3, 0.4) is 0 Å². The Morgan fingerprint density at radius 3 is 2.59 bits per heavy atom. The molecule has 1 amide bonds. The van der Waals surface area contributed by atoms with Gasteiger partial charge in [-0.05, 0) is 105 Å². The van der Waals surface area contributed by atoms with E-state index in [-0.39, 0.29) is 34.1 Å². The van der Waals surface area contributed by atoms with Crippen LogP contribution in [0.2, 0.25) is 0 Å². The Hall–Kier alpha value is -3.44. The molecular weight excluding hydrogens is 566 g/mol. The number of Topliss-reactive ketones (excluding diaryl/α,β-unsaturated/α-hetero) is 1. The molecule has 0 unspecified atom stereocenters. The Labute approximate surface area is 258 Å². The SMILES string of the molecule is COC(=O)[C@H](Cc1ccc([O-])c(N(O)O)c1)NC(=O)CON=C1C=C2CC[C@@H]3[C@@H]4CC[C@H](C(C)=O)[C@@]4(C)CC[C@@H]3[C@@]2(C)CC1. The number of carbonyl (C=O) groups excluding carboxylic acids is 3. The maximum absolute atomic E-state index is 12.7. The number of ether oxygens (including phenoxy) is 1. The number of ketones is 1. The molecular formula is C33H44N3O8-. The number of nitrogens with one attached hydrogen (secondary N) is 1. The van der Waals surface area contributed by atoms with Crippen LogP contribution in [0.15, 0.2) is 35.0 Å². The lowest BCUT2D eigenvalue weighted by atomic mass is 9.46. The zero-order valence-corrected chi connectivity index (χ0v) is 26.0. The zero-order valence-electron chi connectivity index (χ0n) is 26.0. The predicted molar refractivity (Wildman–Crippen MR) is 159 cm³/mol. The van der Waals surface area contributed by atoms with E-state index in [4.69, 9.17) is 9.57 Å². The molecule has 4 aliphatic rings. The van der Waals surface area contributed by atoms with Gasteiger partial charge in [-0.25, -0.2) is 4.79 Å². The Bertz CT molecular complexity index is 1360. The smallest absolute Gasteiger partial charge is 0.328 e. The van der Waals surface area contributed by atoms with Gasteiger partial charge >= 0.3 is 5.97 Å². The van der Waals surface area contributed by atoms with Gasteiger partial charge < -0.3 is 20.0 Å². The van der Waals surface area contributed by atoms with Crippen molar-refractivity contribution in [1.82, 2.24) is 5.32 Å². The fraction of sp³-hybridized carbons (Fsp3) is 0.636. The van der Waals surface area contributed by atoms with Crippen LogP contribution in [-0.2, 0) is 30.4 Å². The van der Waals surface area contributed by atoms with Gasteiger partial charge in [-0.3, -0.25) is 20.0 Å². The summed E-state index contributed by atoms with van der Waals surface area (Å²) in [4.78, 5) is 42.9. The van der Waals surface area contributed by atoms with Crippen LogP contribution in [0.4, 0.5) is 5.69 Å². The van der Waals surface area contributed by atoms with Crippen LogP contribution in [0.1, 0.15) is 77.7 Å². The van der Waals surface area contributed by atoms with Crippen molar-refractivity contribution in [2.24, 2.45) is 39.7 Å². The van der Waals surface area contributed by atoms with E-state index in [9.17, 15) is 29.9 Å². The van der Waals surface area contributed by atoms with Gasteiger partial charge in [-0.1, -0.05) is 42.5 Å². The number of esters is 1. The number of hydrogen-bond donors (Lipinski definition) is 3. The van der Waals surface area contributed by atoms with E-state index in [2.05, 4.69) is 30.4 Å². The number of benzene rings is 1. The molecule has 5 rings (SSSR count). The molecule has 240 valence electrons. The first kappa shape index (κ1) is 32.0. The number of methoxy groups -OCH3 is 1. The number of nitrogens with zero attached hydrogens (tertiary/aromatic N) is 2. The molecule has 11 nitrogen and oxygen atoms in total. The average Bonchev–Trinajstić information content (AvgIpc) is 3.35. The molecule has 0 aromatic heterocycles. The quantitative estimate of drug-likeness (QED) is 0.276. The maximum Gasteiger partial charge on any atom is 0.328 e. The second kappa shape index (κ2) is 12.5. The van der Waals surface area contributed by atoms with Crippen molar-refractivity contribution in [3.63, 3.8) is 0 Å². The highest BCUT2D eigenvalue weighted by atomic mass is 16.8. The van der Waals surface area contributed by atoms with E-state index in [0.29, 0.717) is 29.1 Å². The summed E-state index contributed by atoms with van der Waals surface area (Å²) in [6.45, 7) is 6.15. The van der Waals surface area contributed by atoms with E-state index >= 15 is 0 Å². The number of anilines is 1. The van der Waals surface area contributed by atoms with Gasteiger partial charge in [0, 0.05) is 12.3 Å². The largest absolute Gasteiger partial charge is 0.871 e. The summed E-state index contributed by atoms with van der Waals surface area (Å²) in [5.74, 6) is 0.543. The second-order valence-corrected chi connectivity index (χ2v) is 13.6. The number of carbonyl (C=O) groups is 3. The standard InChI is InChI=1S/C33H45N3O8/c1-19(37)24-8-9-25-23-7-6-21-17-22(11-13-32(21,2)26(23)12-14-33(24,25)3)35-44-18-30(39)34-27(31(40)43-4)15-20-5-10-29(38)28(16-20)36(41)42/h5,10,16-17,23-27,38,41-42H,6-9,11-15,18H2,1-4H3,(H,34,39)/p-1/t23-,24-,25+,26+,27+,32+,33-/m1/s1. The molecule has 7 atom stereocenters. The van der Waals surface area contributed by atoms with Gasteiger partial charge in [-0.15, -0.1) is 5.23 Å². The molecule has 1 aromatic rings. The third-order valence-corrected chi connectivity index (χ3v) is 11.3. The number of allylic oxidation sites excluding steroid dienone is 2. The summed E-state index contributed by atoms with van der Waals surface area (Å²) in [7, 11) is 1.19. The Morgan fingerprint density at radius 2 is 1.89 bits per heavy atom. The fourth-order valence-corrected chi connectivity index (χ4v) is 9.14. The van der Waals surface area contributed by atoms with Gasteiger partial charge in [0.1, 0.15) is 11.8 Å². The molecule has 44 heavy (non-hydrogen) atoms. The monoisotopic (exact) mass is 610 g/mol. The second-order valence-electron chi connectivity index (χ2n) is 13.6. The number of fused-ring (bicyclic) bond motifs is 5. The summed E-state index contributed by atoms with van der Waals surface area (Å²) < 4.78 is 4.81. The van der Waals surface area contributed by atoms with E-state index in [0.717, 1.165) is 63.1 Å². The predicted octanol–water partition coefficient (Wildman–Crippen LogP) is 4.09. The van der Waals surface area contributed by atoms with Crippen LogP contribution in [0, 0.1) is 34.5 Å². The third-order valence-electron chi connectivity index (χ3n) is 11.3. The minimum Gasteiger partial charge on any atom is -0.871 e. The number of oxime groups is 1. The molecule has 3 N–H and O–H groups in total. The molecule has 0 aliphatic heterocycles. The van der Waals surface area contributed by atoms with Crippen molar-refractivity contribution in [1.29, 1.82) is 0 Å². The maximum atomic E-state index is 12.7. The minimum absolute atomic E-state index is 0.0453. The molecule has 3 saturated carbocycles. The van der Waals surface area contributed by atoms with Crippen molar-refractivity contribution in [2.45, 2.75) is 84.6 Å². The van der Waals surface area contributed by atoms with Crippen LogP contribution in [0.5, 0.6) is 5.75 Å². The molecule has 11 heteroatoms. The van der Waals surface area contributed by atoms with Crippen LogP contribution >= 0.6 is 0 Å². The van der Waals surface area contributed by atoms with Gasteiger partial charge in [0.25, 0.3) is 5.91 Å². The van der Waals surface area contributed by atoms with Crippen molar-refractivity contribution in [3.8, 4) is 5.75 Å². The summed E-state index contributed by atoms with van der Waals surface area (Å²) in [5.41, 5.74) is 2.47. The van der Waals surface area contributed by atoms with Gasteiger partial charge in [-0.2, -0.15) is 0 Å². The fourth-order valence-electron chi connectivity index (χ4n) is 9.14. The average molecular weight is 611 g/mol. The first-order valence-corrected chi connectivity index (χ1v) is 15.6. The molecule has 0 heterocycles. The number of rotatable bonds is 9. The molecule has 0 saturated heterocycles. The summed E-state index contributed by atoms with van der Waals surface area (Å²) in [6, 6.07) is 2.70. The highest BCUT2D eigenvalue weighted by molar-refractivity contribution is 5.96. The van der Waals surface area contributed by atoms with Crippen molar-refractivity contribution in [3.05, 3.63) is 35.4 Å². The van der Waals surface area contributed by atoms with Crippen molar-refractivity contribution < 1.29 is 39.5 Å². The van der Waals surface area contributed by atoms with Gasteiger partial charge in [0.15, 0.2) is 6.61 Å². The highest BCUT2D eigenvalue weighted by Crippen LogP contribution is 2.66. The summed E-state index contributed by atoms with van der Waals surface area (Å²) in [6.07, 6.45) is 10.4. The first-order valence-electron chi connectivity index (χ1n) is 15.6. The molecule has 1 aromatic carbocycles. The van der Waals surface area contributed by atoms with E-state index < -0.39 is 30.3 Å². The highest BCUT2D eigenvalue weighted by Gasteiger charge is 2.59. The molecule has 0 spiro atoms. The van der Waals surface area contributed by atoms with Gasteiger partial charge in [0.05, 0.1) is 18.5 Å². The van der Waals surface area contributed by atoms with E-state index in [1.165, 1.54) is 24.8 Å². The lowest BCUT2D eigenvalue weighted by Gasteiger charge is -2.58. The first-order chi connectivity index (χ1) is 20.9. The third kappa shape index (κ3) is 5.96. The Kier molecular flexibility index (Phi) is 9.09. The Morgan fingerprint density at radius 1 is 1.11 bits per heavy atom.